The van der Waals surface area contributed by atoms with Gasteiger partial charge < -0.3 is 16.4 Å². The largest absolute Gasteiger partial charge is 0.397 e. The van der Waals surface area contributed by atoms with Crippen molar-refractivity contribution in [2.45, 2.75) is 65.4 Å². The highest BCUT2D eigenvalue weighted by Crippen LogP contribution is 2.26. The Morgan fingerprint density at radius 3 is 2.68 bits per heavy atom. The fraction of sp³-hybridized carbons (Fsp3) is 0.357. The maximum atomic E-state index is 12.9. The first kappa shape index (κ1) is 30.9. The Labute approximate surface area is 234 Å². The Hall–Kier alpha value is -3.36. The zero-order valence-electron chi connectivity index (χ0n) is 22.4. The fourth-order valence-corrected chi connectivity index (χ4v) is 3.90. The molecule has 204 valence electrons. The van der Waals surface area contributed by atoms with E-state index in [-0.39, 0.29) is 17.9 Å². The number of aromatic nitrogens is 2. The fourth-order valence-electron chi connectivity index (χ4n) is 3.49. The van der Waals surface area contributed by atoms with Crippen LogP contribution in [0.2, 0.25) is 5.02 Å². The number of rotatable bonds is 9. The third kappa shape index (κ3) is 8.60. The number of halogens is 2. The minimum atomic E-state index is -0.683. The number of aryl methyl sites for hydroxylation is 1. The number of aliphatic imine (C=N–C) groups is 1. The van der Waals surface area contributed by atoms with Gasteiger partial charge in [0.25, 0.3) is 5.91 Å². The number of allylic oxidation sites excluding steroid dienone is 3. The van der Waals surface area contributed by atoms with Crippen molar-refractivity contribution in [2.75, 3.05) is 5.73 Å². The Morgan fingerprint density at radius 2 is 1.97 bits per heavy atom. The van der Waals surface area contributed by atoms with Crippen LogP contribution in [0.25, 0.3) is 0 Å². The van der Waals surface area contributed by atoms with E-state index >= 15 is 0 Å². The van der Waals surface area contributed by atoms with Gasteiger partial charge in [-0.15, -0.1) is 11.6 Å². The van der Waals surface area contributed by atoms with E-state index in [2.05, 4.69) is 32.7 Å². The smallest absolute Gasteiger partial charge is 0.251 e. The molecule has 0 aliphatic heterocycles. The predicted octanol–water partition coefficient (Wildman–Crippen LogP) is 5.57. The number of nitrogens with two attached hydrogens (primary N) is 1. The summed E-state index contributed by atoms with van der Waals surface area (Å²) in [5.74, 6) is -0.631. The third-order valence-corrected chi connectivity index (χ3v) is 6.33. The van der Waals surface area contributed by atoms with Gasteiger partial charge in [-0.25, -0.2) is 0 Å². The van der Waals surface area contributed by atoms with Gasteiger partial charge in [-0.05, 0) is 44.5 Å². The van der Waals surface area contributed by atoms with Crippen molar-refractivity contribution in [1.29, 1.82) is 0 Å². The predicted molar refractivity (Wildman–Crippen MR) is 157 cm³/mol. The molecule has 1 heterocycles. The molecule has 1 aromatic carbocycles. The lowest BCUT2D eigenvalue weighted by Gasteiger charge is -2.14. The normalized spacial score (nSPS) is 15.9. The second kappa shape index (κ2) is 15.1. The molecule has 0 saturated carbocycles. The van der Waals surface area contributed by atoms with Gasteiger partial charge in [0.2, 0.25) is 5.91 Å². The number of H-pyrrole nitrogens is 1. The molecule has 2 unspecified atom stereocenters. The van der Waals surface area contributed by atoms with E-state index in [0.29, 0.717) is 39.8 Å². The SMILES string of the molecule is CC.CCCc1[nH]ncc1CNC(=O)C1=CC=C(C(=O)NC(C)C(C)=Nc2cc(Cl)ccc2N)C=CC1Cl. The second-order valence-corrected chi connectivity index (χ2v) is 9.37. The molecule has 1 aliphatic carbocycles. The summed E-state index contributed by atoms with van der Waals surface area (Å²) in [4.78, 5) is 30.2. The lowest BCUT2D eigenvalue weighted by atomic mass is 10.1. The number of anilines is 1. The van der Waals surface area contributed by atoms with Crippen LogP contribution < -0.4 is 16.4 Å². The van der Waals surface area contributed by atoms with Crippen LogP contribution in [0, 0.1) is 0 Å². The minimum absolute atomic E-state index is 0.309. The lowest BCUT2D eigenvalue weighted by molar-refractivity contribution is -0.118. The van der Waals surface area contributed by atoms with E-state index in [1.54, 1.807) is 55.6 Å². The number of carbonyl (C=O) groups excluding carboxylic acids is 2. The van der Waals surface area contributed by atoms with Crippen LogP contribution in [0.3, 0.4) is 0 Å². The monoisotopic (exact) mass is 558 g/mol. The van der Waals surface area contributed by atoms with Crippen LogP contribution in [0.15, 0.2) is 64.8 Å². The highest BCUT2D eigenvalue weighted by molar-refractivity contribution is 6.31. The maximum Gasteiger partial charge on any atom is 0.251 e. The molecule has 1 aliphatic rings. The molecule has 0 saturated heterocycles. The number of benzene rings is 1. The Balaban J connectivity index is 0.00000247. The van der Waals surface area contributed by atoms with Crippen LogP contribution in [-0.4, -0.2) is 39.1 Å². The molecule has 5 N–H and O–H groups in total. The molecule has 0 bridgehead atoms. The summed E-state index contributed by atoms with van der Waals surface area (Å²) in [6.45, 7) is 10.0. The van der Waals surface area contributed by atoms with E-state index in [1.165, 1.54) is 0 Å². The molecule has 1 aromatic heterocycles. The number of nitrogens with one attached hydrogen (secondary N) is 3. The van der Waals surface area contributed by atoms with Gasteiger partial charge >= 0.3 is 0 Å². The number of aromatic amines is 1. The van der Waals surface area contributed by atoms with Gasteiger partial charge in [-0.3, -0.25) is 19.7 Å². The quantitative estimate of drug-likeness (QED) is 0.182. The first-order chi connectivity index (χ1) is 18.2. The van der Waals surface area contributed by atoms with Crippen molar-refractivity contribution in [3.63, 3.8) is 0 Å². The summed E-state index contributed by atoms with van der Waals surface area (Å²) in [6.07, 6.45) is 9.90. The second-order valence-electron chi connectivity index (χ2n) is 8.46. The van der Waals surface area contributed by atoms with Gasteiger partial charge in [-0.1, -0.05) is 57.0 Å². The molecule has 2 amide bonds. The van der Waals surface area contributed by atoms with Crippen molar-refractivity contribution in [2.24, 2.45) is 4.99 Å². The molecule has 38 heavy (non-hydrogen) atoms. The van der Waals surface area contributed by atoms with E-state index < -0.39 is 5.38 Å². The average molecular weight is 560 g/mol. The maximum absolute atomic E-state index is 12.9. The molecular formula is C28H36Cl2N6O2. The van der Waals surface area contributed by atoms with Gasteiger partial charge in [0.05, 0.1) is 29.0 Å². The van der Waals surface area contributed by atoms with E-state index in [1.807, 2.05) is 20.8 Å². The Morgan fingerprint density at radius 1 is 1.24 bits per heavy atom. The number of hydrogen-bond donors (Lipinski definition) is 4. The van der Waals surface area contributed by atoms with Gasteiger partial charge in [0.15, 0.2) is 0 Å². The summed E-state index contributed by atoms with van der Waals surface area (Å²) in [7, 11) is 0. The van der Waals surface area contributed by atoms with E-state index in [9.17, 15) is 9.59 Å². The zero-order chi connectivity index (χ0) is 28.2. The van der Waals surface area contributed by atoms with Gasteiger partial charge in [0.1, 0.15) is 0 Å². The van der Waals surface area contributed by atoms with E-state index in [4.69, 9.17) is 28.9 Å². The van der Waals surface area contributed by atoms with Crippen LogP contribution in [0.1, 0.15) is 52.3 Å². The first-order valence-electron chi connectivity index (χ1n) is 12.6. The topological polar surface area (TPSA) is 125 Å². The number of nitrogen functional groups attached to an aromatic ring is 1. The van der Waals surface area contributed by atoms with Crippen LogP contribution in [0.4, 0.5) is 11.4 Å². The molecule has 2 atom stereocenters. The highest BCUT2D eigenvalue weighted by Gasteiger charge is 2.21. The van der Waals surface area contributed by atoms with Crippen molar-refractivity contribution in [3.05, 3.63) is 76.1 Å². The first-order valence-corrected chi connectivity index (χ1v) is 13.5. The highest BCUT2D eigenvalue weighted by atomic mass is 35.5. The minimum Gasteiger partial charge on any atom is -0.397 e. The number of alkyl halides is 1. The van der Waals surface area contributed by atoms with E-state index in [0.717, 1.165) is 24.1 Å². The van der Waals surface area contributed by atoms with Crippen molar-refractivity contribution in [1.82, 2.24) is 20.8 Å². The molecule has 0 spiro atoms. The summed E-state index contributed by atoms with van der Waals surface area (Å²) in [5.41, 5.74) is 10.3. The Bertz CT molecular complexity index is 1250. The standard InChI is InChI=1S/C26H30Cl2N6O2.C2H6/c1-4-5-23-18(14-31-34-23)13-30-26(36)20-9-6-17(7-10-21(20)28)25(35)33-16(3)15(2)32-24-12-19(27)8-11-22(24)29;1-2/h6-12,14,16,21H,4-5,13,29H2,1-3H3,(H,30,36)(H,31,34)(H,33,35);1-2H3. The summed E-state index contributed by atoms with van der Waals surface area (Å²) in [6, 6.07) is 4.66. The van der Waals surface area contributed by atoms with Gasteiger partial charge in [0, 0.05) is 39.7 Å². The lowest BCUT2D eigenvalue weighted by Crippen LogP contribution is -2.37. The number of carbonyl (C=O) groups is 2. The summed E-state index contributed by atoms with van der Waals surface area (Å²) in [5, 5.41) is 12.6. The molecule has 0 radical (unpaired) electrons. The van der Waals surface area contributed by atoms with Crippen LogP contribution in [-0.2, 0) is 22.6 Å². The zero-order valence-corrected chi connectivity index (χ0v) is 24.0. The number of amides is 2. The molecular weight excluding hydrogens is 523 g/mol. The van der Waals surface area contributed by atoms with Crippen LogP contribution >= 0.6 is 23.2 Å². The molecule has 8 nitrogen and oxygen atoms in total. The molecule has 10 heteroatoms. The average Bonchev–Trinajstić information content (AvgIpc) is 3.25. The molecule has 3 rings (SSSR count). The van der Waals surface area contributed by atoms with Crippen LogP contribution in [0.5, 0.6) is 0 Å². The number of nitrogens with zero attached hydrogens (tertiary/aromatic N) is 2. The van der Waals surface area contributed by atoms with Crippen molar-refractivity contribution >= 4 is 52.1 Å². The number of hydrogen-bond acceptors (Lipinski definition) is 5. The molecule has 0 fully saturated rings. The molecule has 2 aromatic rings. The van der Waals surface area contributed by atoms with Crippen molar-refractivity contribution < 1.29 is 9.59 Å². The Kier molecular flexibility index (Phi) is 12.3. The van der Waals surface area contributed by atoms with Gasteiger partial charge in [-0.2, -0.15) is 5.10 Å². The summed E-state index contributed by atoms with van der Waals surface area (Å²) < 4.78 is 0. The summed E-state index contributed by atoms with van der Waals surface area (Å²) >= 11 is 12.5. The van der Waals surface area contributed by atoms with Crippen molar-refractivity contribution in [3.8, 4) is 0 Å². The third-order valence-electron chi connectivity index (χ3n) is 5.72.